The molecule has 2 atom stereocenters. The third-order valence-electron chi connectivity index (χ3n) is 6.76. The van der Waals surface area contributed by atoms with E-state index in [4.69, 9.17) is 4.98 Å². The predicted molar refractivity (Wildman–Crippen MR) is 139 cm³/mol. The lowest BCUT2D eigenvalue weighted by Gasteiger charge is -2.18. The lowest BCUT2D eigenvalue weighted by Crippen LogP contribution is -2.15. The molecule has 1 aromatic heterocycles. The van der Waals surface area contributed by atoms with Gasteiger partial charge in [0.25, 0.3) is 0 Å². The Morgan fingerprint density at radius 1 is 1.03 bits per heavy atom. The number of Topliss-reactive ketones (excluding diaryl/α,β-unsaturated/α-hetero) is 1. The van der Waals surface area contributed by atoms with Gasteiger partial charge in [0.1, 0.15) is 29.0 Å². The molecule has 1 aliphatic rings. The topological polar surface area (TPSA) is 63.1 Å². The van der Waals surface area contributed by atoms with E-state index in [-0.39, 0.29) is 36.7 Å². The molecule has 37 heavy (non-hydrogen) atoms. The van der Waals surface area contributed by atoms with E-state index in [1.165, 1.54) is 12.1 Å². The Morgan fingerprint density at radius 3 is 2.59 bits per heavy atom. The number of hydrogen-bond acceptors (Lipinski definition) is 4. The zero-order valence-electron chi connectivity index (χ0n) is 20.4. The van der Waals surface area contributed by atoms with Crippen molar-refractivity contribution in [2.45, 2.75) is 38.0 Å². The minimum atomic E-state index is -0.665. The summed E-state index contributed by atoms with van der Waals surface area (Å²) in [7, 11) is 0. The number of rotatable bonds is 8. The van der Waals surface area contributed by atoms with Gasteiger partial charge in [-0.25, -0.2) is 18.7 Å². The fourth-order valence-corrected chi connectivity index (χ4v) is 4.99. The lowest BCUT2D eigenvalue weighted by atomic mass is 9.88. The van der Waals surface area contributed by atoms with Gasteiger partial charge in [0.05, 0.1) is 5.69 Å². The van der Waals surface area contributed by atoms with Crippen molar-refractivity contribution < 1.29 is 18.7 Å². The molecule has 0 fully saturated rings. The Bertz CT molecular complexity index is 1480. The maximum atomic E-state index is 14.0. The zero-order valence-corrected chi connectivity index (χ0v) is 20.4. The summed E-state index contributed by atoms with van der Waals surface area (Å²) in [5.74, 6) is -1.33. The van der Waals surface area contributed by atoms with Crippen LogP contribution in [0.2, 0.25) is 0 Å². The summed E-state index contributed by atoms with van der Waals surface area (Å²) in [6.45, 7) is 2.00. The third kappa shape index (κ3) is 5.64. The fraction of sp³-hybridized carbons (Fsp3) is 0.194. The molecule has 0 radical (unpaired) electrons. The van der Waals surface area contributed by atoms with Crippen LogP contribution >= 0.6 is 0 Å². The molecule has 0 saturated heterocycles. The fourth-order valence-electron chi connectivity index (χ4n) is 4.99. The SMILES string of the molecule is Cc1ccccc1-c1ccnc(C(CC(=O)CC2C=Cc3ccc(O)cc32)Cc2cc(F)cc(F)c2)n1. The molecule has 0 spiro atoms. The number of nitrogens with zero attached hydrogens (tertiary/aromatic N) is 2. The second-order valence-electron chi connectivity index (χ2n) is 9.52. The molecular formula is C31H26F2N2O2. The first-order chi connectivity index (χ1) is 17.9. The number of allylic oxidation sites excluding steroid dienone is 1. The number of phenolic OH excluding ortho intramolecular Hbond substituents is 1. The van der Waals surface area contributed by atoms with Crippen molar-refractivity contribution in [3.8, 4) is 17.0 Å². The summed E-state index contributed by atoms with van der Waals surface area (Å²) in [5, 5.41) is 9.90. The van der Waals surface area contributed by atoms with Crippen LogP contribution in [0, 0.1) is 18.6 Å². The minimum Gasteiger partial charge on any atom is -0.508 e. The molecule has 4 nitrogen and oxygen atoms in total. The molecule has 4 aromatic rings. The number of hydrogen-bond donors (Lipinski definition) is 1. The van der Waals surface area contributed by atoms with Crippen molar-refractivity contribution in [3.63, 3.8) is 0 Å². The second-order valence-corrected chi connectivity index (χ2v) is 9.52. The number of aromatic nitrogens is 2. The van der Waals surface area contributed by atoms with Gasteiger partial charge in [0.2, 0.25) is 0 Å². The van der Waals surface area contributed by atoms with Crippen molar-refractivity contribution in [3.05, 3.63) is 119 Å². The summed E-state index contributed by atoms with van der Waals surface area (Å²) >= 11 is 0. The Morgan fingerprint density at radius 2 is 1.81 bits per heavy atom. The van der Waals surface area contributed by atoms with Gasteiger partial charge in [0.15, 0.2) is 0 Å². The molecule has 0 aliphatic heterocycles. The number of carbonyl (C=O) groups excluding carboxylic acids is 1. The number of phenols is 1. The molecule has 3 aromatic carbocycles. The van der Waals surface area contributed by atoms with Gasteiger partial charge < -0.3 is 5.11 Å². The molecule has 1 aliphatic carbocycles. The summed E-state index contributed by atoms with van der Waals surface area (Å²) in [4.78, 5) is 22.6. The molecule has 0 amide bonds. The number of ketones is 1. The Balaban J connectivity index is 1.43. The van der Waals surface area contributed by atoms with Crippen LogP contribution in [0.5, 0.6) is 5.75 Å². The first-order valence-electron chi connectivity index (χ1n) is 12.2. The van der Waals surface area contributed by atoms with Gasteiger partial charge in [-0.15, -0.1) is 0 Å². The van der Waals surface area contributed by atoms with Gasteiger partial charge in [-0.05, 0) is 65.9 Å². The van der Waals surface area contributed by atoms with Crippen LogP contribution in [0.25, 0.3) is 17.3 Å². The van der Waals surface area contributed by atoms with Crippen molar-refractivity contribution in [1.82, 2.24) is 9.97 Å². The monoisotopic (exact) mass is 496 g/mol. The molecule has 1 N–H and O–H groups in total. The van der Waals surface area contributed by atoms with Crippen molar-refractivity contribution in [2.75, 3.05) is 0 Å². The van der Waals surface area contributed by atoms with Crippen LogP contribution in [-0.4, -0.2) is 20.9 Å². The van der Waals surface area contributed by atoms with Gasteiger partial charge in [0, 0.05) is 42.5 Å². The number of halogens is 2. The van der Waals surface area contributed by atoms with Gasteiger partial charge >= 0.3 is 0 Å². The standard InChI is InChI=1S/C31H26F2N2O2/c1-19-4-2-3-5-28(19)30-10-11-34-31(35-30)23(12-20-13-24(32)17-25(33)14-20)16-27(37)15-22-7-6-21-8-9-26(36)18-29(21)22/h2-11,13-14,17-18,22-23,36H,12,15-16H2,1H3. The number of carbonyl (C=O) groups is 1. The van der Waals surface area contributed by atoms with Crippen LogP contribution in [-0.2, 0) is 11.2 Å². The highest BCUT2D eigenvalue weighted by Crippen LogP contribution is 2.36. The second kappa shape index (κ2) is 10.4. The number of fused-ring (bicyclic) bond motifs is 1. The highest BCUT2D eigenvalue weighted by atomic mass is 19.1. The van der Waals surface area contributed by atoms with E-state index in [0.29, 0.717) is 11.4 Å². The highest BCUT2D eigenvalue weighted by Gasteiger charge is 2.25. The number of benzene rings is 3. The van der Waals surface area contributed by atoms with E-state index < -0.39 is 17.6 Å². The van der Waals surface area contributed by atoms with Gasteiger partial charge in [-0.2, -0.15) is 0 Å². The van der Waals surface area contributed by atoms with Crippen molar-refractivity contribution >= 4 is 11.9 Å². The van der Waals surface area contributed by atoms with Crippen LogP contribution in [0.1, 0.15) is 52.8 Å². The Hall–Kier alpha value is -4.19. The molecule has 0 saturated carbocycles. The van der Waals surface area contributed by atoms with Crippen LogP contribution in [0.15, 0.2) is 79.0 Å². The van der Waals surface area contributed by atoms with E-state index in [1.807, 2.05) is 55.5 Å². The first-order valence-corrected chi connectivity index (χ1v) is 12.2. The van der Waals surface area contributed by atoms with E-state index in [2.05, 4.69) is 4.98 Å². The molecular weight excluding hydrogens is 470 g/mol. The summed E-state index contributed by atoms with van der Waals surface area (Å²) < 4.78 is 27.9. The zero-order chi connectivity index (χ0) is 25.9. The molecule has 0 bridgehead atoms. The molecule has 5 rings (SSSR count). The lowest BCUT2D eigenvalue weighted by molar-refractivity contribution is -0.119. The average Bonchev–Trinajstić information content (AvgIpc) is 3.25. The smallest absolute Gasteiger partial charge is 0.134 e. The van der Waals surface area contributed by atoms with Crippen LogP contribution < -0.4 is 0 Å². The maximum Gasteiger partial charge on any atom is 0.134 e. The summed E-state index contributed by atoms with van der Waals surface area (Å²) in [6.07, 6.45) is 6.16. The van der Waals surface area contributed by atoms with Crippen molar-refractivity contribution in [1.29, 1.82) is 0 Å². The van der Waals surface area contributed by atoms with Crippen LogP contribution in [0.4, 0.5) is 8.78 Å². The summed E-state index contributed by atoms with van der Waals surface area (Å²) in [5.41, 5.74) is 5.08. The minimum absolute atomic E-state index is 0.0161. The molecule has 186 valence electrons. The normalized spacial score (nSPS) is 14.9. The van der Waals surface area contributed by atoms with Gasteiger partial charge in [-0.3, -0.25) is 4.79 Å². The van der Waals surface area contributed by atoms with E-state index in [9.17, 15) is 18.7 Å². The molecule has 6 heteroatoms. The van der Waals surface area contributed by atoms with E-state index >= 15 is 0 Å². The van der Waals surface area contributed by atoms with Crippen LogP contribution in [0.3, 0.4) is 0 Å². The number of aromatic hydroxyl groups is 1. The number of aryl methyl sites for hydroxylation is 1. The van der Waals surface area contributed by atoms with Crippen molar-refractivity contribution in [2.24, 2.45) is 0 Å². The quantitative estimate of drug-likeness (QED) is 0.288. The predicted octanol–water partition coefficient (Wildman–Crippen LogP) is 6.92. The summed E-state index contributed by atoms with van der Waals surface area (Å²) in [6, 6.07) is 18.2. The third-order valence-corrected chi connectivity index (χ3v) is 6.76. The Kier molecular flexibility index (Phi) is 6.91. The largest absolute Gasteiger partial charge is 0.508 e. The molecule has 1 heterocycles. The molecule has 2 unspecified atom stereocenters. The van der Waals surface area contributed by atoms with E-state index in [0.717, 1.165) is 34.0 Å². The first kappa shape index (κ1) is 24.5. The highest BCUT2D eigenvalue weighted by molar-refractivity contribution is 5.82. The van der Waals surface area contributed by atoms with E-state index in [1.54, 1.807) is 18.3 Å². The maximum absolute atomic E-state index is 14.0. The van der Waals surface area contributed by atoms with Gasteiger partial charge in [-0.1, -0.05) is 42.5 Å². The average molecular weight is 497 g/mol. The Labute approximate surface area is 214 Å².